The zero-order valence-corrected chi connectivity index (χ0v) is 13.2. The number of nitrogens with zero attached hydrogens (tertiary/aromatic N) is 3. The third kappa shape index (κ3) is 2.48. The van der Waals surface area contributed by atoms with E-state index in [1.165, 1.54) is 16.7 Å². The predicted molar refractivity (Wildman–Crippen MR) is 84.3 cm³/mol. The fourth-order valence-electron chi connectivity index (χ4n) is 2.31. The van der Waals surface area contributed by atoms with Gasteiger partial charge in [-0.05, 0) is 31.4 Å². The summed E-state index contributed by atoms with van der Waals surface area (Å²) in [6.45, 7) is 8.66. The molecule has 0 radical (unpaired) electrons. The van der Waals surface area contributed by atoms with Crippen LogP contribution >= 0.6 is 11.3 Å². The molecular weight excluding hydrogens is 266 g/mol. The summed E-state index contributed by atoms with van der Waals surface area (Å²) < 4.78 is 1.92. The van der Waals surface area contributed by atoms with Crippen molar-refractivity contribution in [1.82, 2.24) is 14.6 Å². The molecule has 0 aliphatic carbocycles. The summed E-state index contributed by atoms with van der Waals surface area (Å²) >= 11 is 1.69. The lowest BCUT2D eigenvalue weighted by Gasteiger charge is -2.03. The Morgan fingerprint density at radius 2 is 2.05 bits per heavy atom. The molecule has 0 atom stereocenters. The van der Waals surface area contributed by atoms with E-state index in [4.69, 9.17) is 4.98 Å². The first-order chi connectivity index (χ1) is 9.52. The highest BCUT2D eigenvalue weighted by Crippen LogP contribution is 2.26. The molecule has 0 N–H and O–H groups in total. The summed E-state index contributed by atoms with van der Waals surface area (Å²) in [4.78, 5) is 5.71. The highest BCUT2D eigenvalue weighted by molar-refractivity contribution is 7.16. The van der Waals surface area contributed by atoms with Crippen LogP contribution in [0.4, 0.5) is 0 Å². The van der Waals surface area contributed by atoms with Crippen molar-refractivity contribution in [2.75, 3.05) is 0 Å². The normalized spacial score (nSPS) is 11.7. The first kappa shape index (κ1) is 13.3. The number of hydrogen-bond acceptors (Lipinski definition) is 3. The van der Waals surface area contributed by atoms with Gasteiger partial charge in [0.15, 0.2) is 0 Å². The highest BCUT2D eigenvalue weighted by atomic mass is 32.1. The van der Waals surface area contributed by atoms with Crippen LogP contribution in [0.3, 0.4) is 0 Å². The van der Waals surface area contributed by atoms with E-state index in [9.17, 15) is 0 Å². The van der Waals surface area contributed by atoms with Gasteiger partial charge in [0.25, 0.3) is 0 Å². The average Bonchev–Trinajstić information content (AvgIpc) is 2.89. The van der Waals surface area contributed by atoms with E-state index in [0.29, 0.717) is 5.92 Å². The number of fused-ring (bicyclic) bond motifs is 1. The van der Waals surface area contributed by atoms with Crippen LogP contribution in [0.1, 0.15) is 30.0 Å². The number of aryl methyl sites for hydroxylation is 2. The average molecular weight is 285 g/mol. The van der Waals surface area contributed by atoms with Crippen molar-refractivity contribution in [1.29, 1.82) is 0 Å². The molecule has 0 aliphatic heterocycles. The van der Waals surface area contributed by atoms with Crippen molar-refractivity contribution >= 4 is 16.3 Å². The van der Waals surface area contributed by atoms with Gasteiger partial charge in [0, 0.05) is 12.0 Å². The maximum atomic E-state index is 4.73. The Kier molecular flexibility index (Phi) is 3.34. The van der Waals surface area contributed by atoms with Crippen molar-refractivity contribution < 1.29 is 0 Å². The van der Waals surface area contributed by atoms with Gasteiger partial charge in [-0.15, -0.1) is 0 Å². The molecular formula is C16H19N3S. The fraction of sp³-hybridized carbons (Fsp3) is 0.375. The van der Waals surface area contributed by atoms with Gasteiger partial charge < -0.3 is 0 Å². The summed E-state index contributed by atoms with van der Waals surface area (Å²) in [6, 6.07) is 6.47. The minimum Gasteiger partial charge on any atom is -0.217 e. The molecule has 0 bridgehead atoms. The van der Waals surface area contributed by atoms with E-state index in [1.54, 1.807) is 11.3 Å². The van der Waals surface area contributed by atoms with E-state index in [-0.39, 0.29) is 0 Å². The lowest BCUT2D eigenvalue weighted by Crippen LogP contribution is -1.94. The van der Waals surface area contributed by atoms with Crippen molar-refractivity contribution in [2.45, 2.75) is 34.1 Å². The Balaban J connectivity index is 2.01. The van der Waals surface area contributed by atoms with Gasteiger partial charge in [0.2, 0.25) is 4.96 Å². The SMILES string of the molecule is Cc1ccc(C)c(-c2cn3nc(CC(C)C)sc3n2)c1. The Bertz CT molecular complexity index is 721. The van der Waals surface area contributed by atoms with Gasteiger partial charge in [-0.25, -0.2) is 9.50 Å². The Morgan fingerprint density at radius 3 is 2.75 bits per heavy atom. The van der Waals surface area contributed by atoms with Gasteiger partial charge in [-0.1, -0.05) is 42.9 Å². The molecule has 0 unspecified atom stereocenters. The monoisotopic (exact) mass is 285 g/mol. The van der Waals surface area contributed by atoms with E-state index in [2.05, 4.69) is 51.0 Å². The highest BCUT2D eigenvalue weighted by Gasteiger charge is 2.12. The van der Waals surface area contributed by atoms with Crippen molar-refractivity contribution in [3.63, 3.8) is 0 Å². The Morgan fingerprint density at radius 1 is 1.25 bits per heavy atom. The minimum atomic E-state index is 0.629. The van der Waals surface area contributed by atoms with Gasteiger partial charge in [-0.2, -0.15) is 5.10 Å². The molecule has 2 aromatic heterocycles. The van der Waals surface area contributed by atoms with E-state index < -0.39 is 0 Å². The van der Waals surface area contributed by atoms with Crippen LogP contribution < -0.4 is 0 Å². The molecule has 104 valence electrons. The van der Waals surface area contributed by atoms with E-state index in [1.807, 2.05) is 10.7 Å². The zero-order valence-electron chi connectivity index (χ0n) is 12.3. The van der Waals surface area contributed by atoms with Crippen LogP contribution in [0.2, 0.25) is 0 Å². The molecule has 0 fully saturated rings. The maximum Gasteiger partial charge on any atom is 0.212 e. The molecule has 3 aromatic rings. The molecule has 3 rings (SSSR count). The number of hydrogen-bond donors (Lipinski definition) is 0. The Labute approximate surface area is 123 Å². The van der Waals surface area contributed by atoms with Crippen LogP contribution in [-0.2, 0) is 6.42 Å². The molecule has 0 amide bonds. The molecule has 20 heavy (non-hydrogen) atoms. The summed E-state index contributed by atoms with van der Waals surface area (Å²) in [7, 11) is 0. The summed E-state index contributed by atoms with van der Waals surface area (Å²) in [5.41, 5.74) is 4.73. The topological polar surface area (TPSA) is 30.2 Å². The second kappa shape index (κ2) is 5.02. The lowest BCUT2D eigenvalue weighted by atomic mass is 10.0. The number of rotatable bonds is 3. The van der Waals surface area contributed by atoms with Crippen LogP contribution in [0.5, 0.6) is 0 Å². The lowest BCUT2D eigenvalue weighted by molar-refractivity contribution is 0.637. The van der Waals surface area contributed by atoms with E-state index >= 15 is 0 Å². The van der Waals surface area contributed by atoms with Gasteiger partial charge in [0.05, 0.1) is 11.9 Å². The zero-order chi connectivity index (χ0) is 14.3. The van der Waals surface area contributed by atoms with Crippen molar-refractivity contribution in [2.24, 2.45) is 5.92 Å². The maximum absolute atomic E-state index is 4.73. The first-order valence-corrected chi connectivity index (χ1v) is 7.77. The van der Waals surface area contributed by atoms with Crippen molar-refractivity contribution in [3.8, 4) is 11.3 Å². The molecule has 0 spiro atoms. The predicted octanol–water partition coefficient (Wildman–Crippen LogP) is 4.27. The van der Waals surface area contributed by atoms with Crippen LogP contribution in [-0.4, -0.2) is 14.6 Å². The third-order valence-corrected chi connectivity index (χ3v) is 4.28. The molecule has 3 nitrogen and oxygen atoms in total. The van der Waals surface area contributed by atoms with Crippen LogP contribution in [0.25, 0.3) is 16.2 Å². The molecule has 0 saturated heterocycles. The molecule has 4 heteroatoms. The molecule has 0 saturated carbocycles. The fourth-order valence-corrected chi connectivity index (χ4v) is 3.40. The van der Waals surface area contributed by atoms with Crippen LogP contribution in [0, 0.1) is 19.8 Å². The summed E-state index contributed by atoms with van der Waals surface area (Å²) in [5, 5.41) is 5.79. The quantitative estimate of drug-likeness (QED) is 0.719. The number of imidazole rings is 1. The smallest absolute Gasteiger partial charge is 0.212 e. The third-order valence-electron chi connectivity index (χ3n) is 3.34. The van der Waals surface area contributed by atoms with Crippen molar-refractivity contribution in [3.05, 3.63) is 40.5 Å². The Hall–Kier alpha value is -1.68. The summed E-state index contributed by atoms with van der Waals surface area (Å²) in [6.07, 6.45) is 3.06. The first-order valence-electron chi connectivity index (χ1n) is 6.95. The number of aromatic nitrogens is 3. The van der Waals surface area contributed by atoms with E-state index in [0.717, 1.165) is 22.1 Å². The molecule has 1 aromatic carbocycles. The number of benzene rings is 1. The van der Waals surface area contributed by atoms with Gasteiger partial charge >= 0.3 is 0 Å². The molecule has 2 heterocycles. The minimum absolute atomic E-state index is 0.629. The van der Waals surface area contributed by atoms with Gasteiger partial charge in [0.1, 0.15) is 5.01 Å². The second-order valence-electron chi connectivity index (χ2n) is 5.77. The van der Waals surface area contributed by atoms with Crippen LogP contribution in [0.15, 0.2) is 24.4 Å². The largest absolute Gasteiger partial charge is 0.217 e. The second-order valence-corrected chi connectivity index (χ2v) is 6.81. The van der Waals surface area contributed by atoms with Gasteiger partial charge in [-0.3, -0.25) is 0 Å². The summed E-state index contributed by atoms with van der Waals surface area (Å²) in [5.74, 6) is 0.629. The standard InChI is InChI=1S/C16H19N3S/c1-10(2)7-15-18-19-9-14(17-16(19)20-15)13-8-11(3)5-6-12(13)4/h5-6,8-10H,7H2,1-4H3. The molecule has 0 aliphatic rings.